The number of fused-ring (bicyclic) bond motifs is 5. The summed E-state index contributed by atoms with van der Waals surface area (Å²) in [5, 5.41) is 0. The summed E-state index contributed by atoms with van der Waals surface area (Å²) < 4.78 is 7.05. The van der Waals surface area contributed by atoms with E-state index in [9.17, 15) is 9.59 Å². The Bertz CT molecular complexity index is 967. The van der Waals surface area contributed by atoms with Crippen molar-refractivity contribution in [3.63, 3.8) is 0 Å². The maximum Gasteiger partial charge on any atom is 0.338 e. The summed E-state index contributed by atoms with van der Waals surface area (Å²) in [7, 11) is 0. The molecule has 0 amide bonds. The zero-order chi connectivity index (χ0) is 22.7. The molecule has 0 aliphatic heterocycles. The summed E-state index contributed by atoms with van der Waals surface area (Å²) in [5.41, 5.74) is 2.72. The number of hydrogen-bond acceptors (Lipinski definition) is 3. The SMILES string of the molecule is CC(=O)[C@H]1CC[C@H]2[C@@H]3CC[C@H]4C[C@H](OC(=O)c5cccc(I)c5)CC[C@]4(C)C3=CC[C@]12C. The molecule has 4 aliphatic carbocycles. The molecule has 0 aromatic heterocycles. The van der Waals surface area contributed by atoms with Crippen molar-refractivity contribution >= 4 is 34.3 Å². The van der Waals surface area contributed by atoms with Crippen LogP contribution in [0, 0.1) is 38.1 Å². The Hall–Kier alpha value is -1.17. The van der Waals surface area contributed by atoms with Gasteiger partial charge in [0.05, 0.1) is 5.56 Å². The zero-order valence-electron chi connectivity index (χ0n) is 19.5. The van der Waals surface area contributed by atoms with Gasteiger partial charge in [0.2, 0.25) is 0 Å². The lowest BCUT2D eigenvalue weighted by Crippen LogP contribution is -2.49. The van der Waals surface area contributed by atoms with Gasteiger partial charge in [-0.2, -0.15) is 0 Å². The molecule has 7 atom stereocenters. The van der Waals surface area contributed by atoms with E-state index in [2.05, 4.69) is 42.5 Å². The normalized spacial score (nSPS) is 40.5. The van der Waals surface area contributed by atoms with Crippen LogP contribution in [0.2, 0.25) is 0 Å². The minimum atomic E-state index is -0.181. The molecular weight excluding hydrogens is 511 g/mol. The second-order valence-electron chi connectivity index (χ2n) is 11.3. The minimum Gasteiger partial charge on any atom is -0.459 e. The van der Waals surface area contributed by atoms with Crippen molar-refractivity contribution in [1.82, 2.24) is 0 Å². The van der Waals surface area contributed by atoms with Gasteiger partial charge in [-0.1, -0.05) is 31.6 Å². The molecule has 0 spiro atoms. The molecule has 4 aliphatic rings. The highest BCUT2D eigenvalue weighted by atomic mass is 127. The summed E-state index contributed by atoms with van der Waals surface area (Å²) >= 11 is 2.24. The summed E-state index contributed by atoms with van der Waals surface area (Å²) in [6.45, 7) is 6.67. The van der Waals surface area contributed by atoms with Crippen LogP contribution in [0.3, 0.4) is 0 Å². The largest absolute Gasteiger partial charge is 0.459 e. The number of carbonyl (C=O) groups is 2. The maximum atomic E-state index is 12.7. The van der Waals surface area contributed by atoms with Gasteiger partial charge in [-0.3, -0.25) is 4.79 Å². The number of hydrogen-bond donors (Lipinski definition) is 0. The first-order valence-corrected chi connectivity index (χ1v) is 13.5. The Kier molecular flexibility index (Phi) is 5.83. The average Bonchev–Trinajstić information content (AvgIpc) is 3.11. The first-order valence-electron chi connectivity index (χ1n) is 12.4. The summed E-state index contributed by atoms with van der Waals surface area (Å²) in [6.07, 6.45) is 11.4. The van der Waals surface area contributed by atoms with Gasteiger partial charge >= 0.3 is 5.97 Å². The van der Waals surface area contributed by atoms with Crippen LogP contribution in [0.15, 0.2) is 35.9 Å². The first-order chi connectivity index (χ1) is 15.2. The lowest BCUT2D eigenvalue weighted by molar-refractivity contribution is -0.124. The highest BCUT2D eigenvalue weighted by molar-refractivity contribution is 14.1. The Morgan fingerprint density at radius 1 is 1.09 bits per heavy atom. The number of allylic oxidation sites excluding steroid dienone is 2. The summed E-state index contributed by atoms with van der Waals surface area (Å²) in [5.74, 6) is 2.34. The molecule has 172 valence electrons. The molecule has 3 fully saturated rings. The summed E-state index contributed by atoms with van der Waals surface area (Å²) in [6, 6.07) is 7.66. The lowest BCUT2D eigenvalue weighted by atomic mass is 9.48. The zero-order valence-corrected chi connectivity index (χ0v) is 21.7. The van der Waals surface area contributed by atoms with E-state index in [0.717, 1.165) is 35.7 Å². The van der Waals surface area contributed by atoms with Gasteiger partial charge in [-0.15, -0.1) is 0 Å². The Balaban J connectivity index is 1.31. The molecule has 3 nitrogen and oxygen atoms in total. The standard InChI is InChI=1S/C28H35IO3/c1-17(30)23-9-10-24-22-8-7-19-16-21(32-26(31)18-5-4-6-20(29)15-18)11-13-27(19,2)25(22)12-14-28(23,24)3/h4-6,12,15,19,21-24H,7-11,13-14,16H2,1-3H3/t19-,21+,22-,23+,24-,27-,28+/m0/s1. The molecular formula is C28H35IO3. The van der Waals surface area contributed by atoms with Crippen LogP contribution in [0.25, 0.3) is 0 Å². The number of benzene rings is 1. The maximum absolute atomic E-state index is 12.7. The van der Waals surface area contributed by atoms with E-state index in [0.29, 0.717) is 29.1 Å². The third-order valence-electron chi connectivity index (χ3n) is 9.80. The van der Waals surface area contributed by atoms with Crippen LogP contribution in [0.4, 0.5) is 0 Å². The predicted octanol–water partition coefficient (Wildman–Crippen LogP) is 6.98. The van der Waals surface area contributed by atoms with Crippen LogP contribution in [-0.4, -0.2) is 17.9 Å². The fraction of sp³-hybridized carbons (Fsp3) is 0.643. The third kappa shape index (κ3) is 3.59. The Morgan fingerprint density at radius 2 is 1.91 bits per heavy atom. The van der Waals surface area contributed by atoms with E-state index in [1.165, 1.54) is 19.3 Å². The minimum absolute atomic E-state index is 0.0259. The number of rotatable bonds is 3. The van der Waals surface area contributed by atoms with Crippen molar-refractivity contribution in [2.24, 2.45) is 34.5 Å². The molecule has 4 heteroatoms. The van der Waals surface area contributed by atoms with Crippen LogP contribution in [0.5, 0.6) is 0 Å². The number of Topliss-reactive ketones (excluding diaryl/α,β-unsaturated/α-hetero) is 1. The fourth-order valence-electron chi connectivity index (χ4n) is 8.10. The van der Waals surface area contributed by atoms with Crippen molar-refractivity contribution in [2.45, 2.75) is 78.2 Å². The second-order valence-corrected chi connectivity index (χ2v) is 12.6. The lowest BCUT2D eigenvalue weighted by Gasteiger charge is -2.56. The molecule has 0 radical (unpaired) electrons. The quantitative estimate of drug-likeness (QED) is 0.233. The molecule has 0 bridgehead atoms. The van der Waals surface area contributed by atoms with Gasteiger partial charge in [0, 0.05) is 9.49 Å². The van der Waals surface area contributed by atoms with E-state index in [-0.39, 0.29) is 28.8 Å². The smallest absolute Gasteiger partial charge is 0.338 e. The van der Waals surface area contributed by atoms with Crippen molar-refractivity contribution in [3.05, 3.63) is 45.0 Å². The molecule has 0 heterocycles. The molecule has 0 unspecified atom stereocenters. The van der Waals surface area contributed by atoms with Crippen LogP contribution in [0.1, 0.15) is 82.5 Å². The molecule has 1 aromatic carbocycles. The number of ketones is 1. The second kappa shape index (κ2) is 8.25. The highest BCUT2D eigenvalue weighted by Gasteiger charge is 2.58. The van der Waals surface area contributed by atoms with Crippen molar-refractivity contribution in [2.75, 3.05) is 0 Å². The Labute approximate surface area is 205 Å². The average molecular weight is 546 g/mol. The van der Waals surface area contributed by atoms with E-state index >= 15 is 0 Å². The van der Waals surface area contributed by atoms with E-state index in [4.69, 9.17) is 4.74 Å². The molecule has 1 aromatic rings. The van der Waals surface area contributed by atoms with Crippen molar-refractivity contribution in [1.29, 1.82) is 0 Å². The van der Waals surface area contributed by atoms with Gasteiger partial charge in [0.25, 0.3) is 0 Å². The van der Waals surface area contributed by atoms with Crippen molar-refractivity contribution < 1.29 is 14.3 Å². The van der Waals surface area contributed by atoms with Gasteiger partial charge in [-0.05, 0) is 128 Å². The molecule has 0 saturated heterocycles. The molecule has 5 rings (SSSR count). The van der Waals surface area contributed by atoms with Gasteiger partial charge in [0.1, 0.15) is 11.9 Å². The molecule has 0 N–H and O–H groups in total. The van der Waals surface area contributed by atoms with Gasteiger partial charge < -0.3 is 4.74 Å². The van der Waals surface area contributed by atoms with Crippen LogP contribution >= 0.6 is 22.6 Å². The van der Waals surface area contributed by atoms with Crippen LogP contribution in [-0.2, 0) is 9.53 Å². The van der Waals surface area contributed by atoms with Gasteiger partial charge in [0.15, 0.2) is 0 Å². The van der Waals surface area contributed by atoms with Crippen LogP contribution < -0.4 is 0 Å². The highest BCUT2D eigenvalue weighted by Crippen LogP contribution is 2.65. The Morgan fingerprint density at radius 3 is 2.66 bits per heavy atom. The van der Waals surface area contributed by atoms with E-state index in [1.54, 1.807) is 12.5 Å². The monoisotopic (exact) mass is 546 g/mol. The van der Waals surface area contributed by atoms with E-state index in [1.807, 2.05) is 24.3 Å². The third-order valence-corrected chi connectivity index (χ3v) is 10.5. The summed E-state index contributed by atoms with van der Waals surface area (Å²) in [4.78, 5) is 25.1. The number of halogens is 1. The van der Waals surface area contributed by atoms with E-state index < -0.39 is 0 Å². The predicted molar refractivity (Wildman–Crippen MR) is 134 cm³/mol. The topological polar surface area (TPSA) is 43.4 Å². The first kappa shape index (κ1) is 22.6. The molecule has 32 heavy (non-hydrogen) atoms. The number of carbonyl (C=O) groups excluding carboxylic acids is 2. The number of esters is 1. The molecule has 3 saturated carbocycles. The van der Waals surface area contributed by atoms with Gasteiger partial charge in [-0.25, -0.2) is 4.79 Å². The van der Waals surface area contributed by atoms with Crippen molar-refractivity contribution in [3.8, 4) is 0 Å². The fourth-order valence-corrected chi connectivity index (χ4v) is 8.64. The number of ether oxygens (including phenoxy) is 1.